The smallest absolute Gasteiger partial charge is 0.166 e. The minimum atomic E-state index is 0.664. The average molecular weight is 319 g/mol. The highest BCUT2D eigenvalue weighted by atomic mass is 16.1. The van der Waals surface area contributed by atoms with Gasteiger partial charge in [-0.25, -0.2) is 0 Å². The van der Waals surface area contributed by atoms with Crippen LogP contribution in [0.2, 0.25) is 0 Å². The van der Waals surface area contributed by atoms with E-state index in [1.54, 1.807) is 0 Å². The molecule has 0 radical (unpaired) electrons. The van der Waals surface area contributed by atoms with Gasteiger partial charge in [-0.1, -0.05) is 58.3 Å². The van der Waals surface area contributed by atoms with Gasteiger partial charge in [-0.3, -0.25) is 4.79 Å². The molecule has 0 aromatic carbocycles. The third kappa shape index (κ3) is 8.56. The summed E-state index contributed by atoms with van der Waals surface area (Å²) in [6, 6.07) is 1.93. The van der Waals surface area contributed by atoms with Crippen molar-refractivity contribution < 1.29 is 4.79 Å². The first kappa shape index (κ1) is 21.4. The minimum absolute atomic E-state index is 0.664. The number of hydrogen-bond acceptors (Lipinski definition) is 2. The number of fused-ring (bicyclic) bond motifs is 1. The second-order valence-corrected chi connectivity index (χ2v) is 5.31. The van der Waals surface area contributed by atoms with Gasteiger partial charge >= 0.3 is 0 Å². The first-order valence-corrected chi connectivity index (χ1v) is 8.93. The maximum Gasteiger partial charge on any atom is 0.166 e. The summed E-state index contributed by atoms with van der Waals surface area (Å²) in [7, 11) is 1.98. The van der Waals surface area contributed by atoms with Crippen molar-refractivity contribution in [1.29, 1.82) is 0 Å². The molecule has 0 amide bonds. The van der Waals surface area contributed by atoms with E-state index in [4.69, 9.17) is 0 Å². The van der Waals surface area contributed by atoms with Gasteiger partial charge in [0.1, 0.15) is 0 Å². The number of allylic oxidation sites excluding steroid dienone is 3. The number of carbonyl (C=O) groups is 1. The topological polar surface area (TPSA) is 44.9 Å². The Bertz CT molecular complexity index is 480. The van der Waals surface area contributed by atoms with Crippen LogP contribution in [0.5, 0.6) is 0 Å². The summed E-state index contributed by atoms with van der Waals surface area (Å²) >= 11 is 0. The van der Waals surface area contributed by atoms with Crippen molar-refractivity contribution in [2.45, 2.75) is 59.8 Å². The lowest BCUT2D eigenvalue weighted by Gasteiger charge is -1.96. The number of nitrogens with one attached hydrogen (secondary N) is 2. The normalized spacial score (nSPS) is 12.0. The van der Waals surface area contributed by atoms with Crippen LogP contribution in [-0.4, -0.2) is 24.9 Å². The minimum Gasteiger partial charge on any atom is -0.353 e. The fourth-order valence-electron chi connectivity index (χ4n) is 2.25. The quantitative estimate of drug-likeness (QED) is 0.562. The van der Waals surface area contributed by atoms with E-state index in [-0.39, 0.29) is 0 Å². The van der Waals surface area contributed by atoms with Crippen LogP contribution >= 0.6 is 0 Å². The van der Waals surface area contributed by atoms with Gasteiger partial charge in [0, 0.05) is 5.69 Å². The molecule has 1 heterocycles. The van der Waals surface area contributed by atoms with Crippen molar-refractivity contribution in [3.05, 3.63) is 40.7 Å². The molecule has 23 heavy (non-hydrogen) atoms. The Kier molecular flexibility index (Phi) is 13.0. The molecule has 3 heteroatoms. The third-order valence-electron chi connectivity index (χ3n) is 3.45. The molecule has 0 saturated carbocycles. The summed E-state index contributed by atoms with van der Waals surface area (Å²) in [4.78, 5) is 13.7. The monoisotopic (exact) mass is 318 g/mol. The second-order valence-electron chi connectivity index (χ2n) is 5.31. The molecule has 0 unspecified atom stereocenters. The molecule has 1 aromatic rings. The summed E-state index contributed by atoms with van der Waals surface area (Å²) in [6.45, 7) is 9.54. The van der Waals surface area contributed by atoms with Crippen molar-refractivity contribution in [3.63, 3.8) is 0 Å². The maximum atomic E-state index is 10.6. The van der Waals surface area contributed by atoms with Gasteiger partial charge in [0.2, 0.25) is 0 Å². The van der Waals surface area contributed by atoms with Crippen molar-refractivity contribution in [3.8, 4) is 0 Å². The van der Waals surface area contributed by atoms with E-state index in [1.165, 1.54) is 30.4 Å². The predicted octanol–water partition coefficient (Wildman–Crippen LogP) is 5.16. The van der Waals surface area contributed by atoms with Crippen LogP contribution in [0.25, 0.3) is 6.08 Å². The number of aromatic nitrogens is 1. The largest absolute Gasteiger partial charge is 0.353 e. The molecule has 2 N–H and O–H groups in total. The molecule has 0 aliphatic heterocycles. The molecule has 1 aliphatic rings. The third-order valence-corrected chi connectivity index (χ3v) is 3.45. The molecule has 3 nitrogen and oxygen atoms in total. The molecule has 2 rings (SSSR count). The first-order valence-electron chi connectivity index (χ1n) is 8.93. The van der Waals surface area contributed by atoms with Gasteiger partial charge < -0.3 is 10.3 Å². The SMILES string of the molecule is CC.CCCC1=CCc2cc(C=O)[nH]c2C=C1.CCCCNC. The van der Waals surface area contributed by atoms with Gasteiger partial charge in [0.15, 0.2) is 6.29 Å². The number of H-pyrrole nitrogens is 1. The lowest BCUT2D eigenvalue weighted by atomic mass is 10.1. The van der Waals surface area contributed by atoms with Crippen LogP contribution in [0.1, 0.15) is 75.1 Å². The zero-order chi connectivity index (χ0) is 17.5. The van der Waals surface area contributed by atoms with E-state index in [2.05, 4.69) is 42.4 Å². The standard InChI is InChI=1S/C13H15NO.C5H13N.C2H6/c1-2-3-10-4-6-11-8-12(9-15)14-13(11)7-5-10;1-3-4-5-6-2;1-2/h4-5,7-9,14H,2-3,6H2,1H3;6H,3-5H2,1-2H3;1-2H3. The fourth-order valence-corrected chi connectivity index (χ4v) is 2.25. The molecule has 0 bridgehead atoms. The van der Waals surface area contributed by atoms with Gasteiger partial charge in [0.25, 0.3) is 0 Å². The summed E-state index contributed by atoms with van der Waals surface area (Å²) in [5.74, 6) is 0. The fraction of sp³-hybridized carbons (Fsp3) is 0.550. The van der Waals surface area contributed by atoms with E-state index in [0.717, 1.165) is 31.4 Å². The van der Waals surface area contributed by atoms with Crippen molar-refractivity contribution in [2.75, 3.05) is 13.6 Å². The van der Waals surface area contributed by atoms with Crippen molar-refractivity contribution in [1.82, 2.24) is 10.3 Å². The van der Waals surface area contributed by atoms with Crippen LogP contribution in [0.3, 0.4) is 0 Å². The van der Waals surface area contributed by atoms with Crippen LogP contribution < -0.4 is 5.32 Å². The second kappa shape index (κ2) is 14.0. The van der Waals surface area contributed by atoms with E-state index >= 15 is 0 Å². The highest BCUT2D eigenvalue weighted by molar-refractivity contribution is 5.75. The van der Waals surface area contributed by atoms with Gasteiger partial charge in [0.05, 0.1) is 5.69 Å². The van der Waals surface area contributed by atoms with E-state index in [0.29, 0.717) is 5.69 Å². The number of aromatic amines is 1. The van der Waals surface area contributed by atoms with Gasteiger partial charge in [-0.2, -0.15) is 0 Å². The number of aldehydes is 1. The zero-order valence-electron chi connectivity index (χ0n) is 15.5. The Morgan fingerprint density at radius 3 is 2.48 bits per heavy atom. The average Bonchev–Trinajstić information content (AvgIpc) is 2.91. The molecule has 1 aromatic heterocycles. The lowest BCUT2D eigenvalue weighted by Crippen LogP contribution is -2.06. The molecular weight excluding hydrogens is 284 g/mol. The number of rotatable bonds is 6. The molecule has 130 valence electrons. The molecule has 0 spiro atoms. The van der Waals surface area contributed by atoms with E-state index in [9.17, 15) is 4.79 Å². The molecule has 0 atom stereocenters. The number of carbonyl (C=O) groups excluding carboxylic acids is 1. The molecule has 0 saturated heterocycles. The van der Waals surface area contributed by atoms with E-state index in [1.807, 2.05) is 27.0 Å². The van der Waals surface area contributed by atoms with Crippen LogP contribution in [0, 0.1) is 0 Å². The predicted molar refractivity (Wildman–Crippen MR) is 102 cm³/mol. The highest BCUT2D eigenvalue weighted by Crippen LogP contribution is 2.20. The molecule has 1 aliphatic carbocycles. The van der Waals surface area contributed by atoms with Crippen LogP contribution in [-0.2, 0) is 6.42 Å². The van der Waals surface area contributed by atoms with Crippen molar-refractivity contribution >= 4 is 12.4 Å². The Morgan fingerprint density at radius 1 is 1.22 bits per heavy atom. The van der Waals surface area contributed by atoms with Crippen LogP contribution in [0.4, 0.5) is 0 Å². The summed E-state index contributed by atoms with van der Waals surface area (Å²) in [6.07, 6.45) is 13.1. The maximum absolute atomic E-state index is 10.6. The Balaban J connectivity index is 0.000000515. The first-order chi connectivity index (χ1) is 11.2. The molecular formula is C20H34N2O. The van der Waals surface area contributed by atoms with Gasteiger partial charge in [-0.15, -0.1) is 0 Å². The Labute approximate surface area is 142 Å². The zero-order valence-corrected chi connectivity index (χ0v) is 15.5. The lowest BCUT2D eigenvalue weighted by molar-refractivity contribution is 0.111. The van der Waals surface area contributed by atoms with Crippen molar-refractivity contribution in [2.24, 2.45) is 0 Å². The number of unbranched alkanes of at least 4 members (excludes halogenated alkanes) is 1. The number of hydrogen-bond donors (Lipinski definition) is 2. The molecule has 0 fully saturated rings. The van der Waals surface area contributed by atoms with E-state index < -0.39 is 0 Å². The van der Waals surface area contributed by atoms with Gasteiger partial charge in [-0.05, 0) is 50.6 Å². The summed E-state index contributed by atoms with van der Waals surface area (Å²) in [5, 5.41) is 3.07. The highest BCUT2D eigenvalue weighted by Gasteiger charge is 2.07. The van der Waals surface area contributed by atoms with Crippen LogP contribution in [0.15, 0.2) is 23.8 Å². The Hall–Kier alpha value is -1.61. The summed E-state index contributed by atoms with van der Waals surface area (Å²) < 4.78 is 0. The summed E-state index contributed by atoms with van der Waals surface area (Å²) in [5.41, 5.74) is 4.32. The Morgan fingerprint density at radius 2 is 1.96 bits per heavy atom.